The van der Waals surface area contributed by atoms with E-state index in [2.05, 4.69) is 10.6 Å². The molecular weight excluding hydrogens is 280 g/mol. The lowest BCUT2D eigenvalue weighted by Crippen LogP contribution is -2.36. The Bertz CT molecular complexity index is 546. The van der Waals surface area contributed by atoms with Crippen LogP contribution in [0.4, 0.5) is 11.4 Å². The van der Waals surface area contributed by atoms with Gasteiger partial charge < -0.3 is 21.1 Å². The van der Waals surface area contributed by atoms with Crippen molar-refractivity contribution in [2.75, 3.05) is 25.0 Å². The van der Waals surface area contributed by atoms with E-state index in [1.165, 1.54) is 18.2 Å². The third kappa shape index (κ3) is 5.07. The molecule has 0 saturated carbocycles. The number of nitrogens with two attached hydrogens (primary N) is 1. The van der Waals surface area contributed by atoms with Gasteiger partial charge >= 0.3 is 0 Å². The largest absolute Gasteiger partial charge is 0.494 e. The number of amides is 2. The molecule has 0 aliphatic carbocycles. The summed E-state index contributed by atoms with van der Waals surface area (Å²) < 4.78 is 5.16. The first-order valence-corrected chi connectivity index (χ1v) is 6.15. The molecule has 0 aromatic heterocycles. The molecule has 0 spiro atoms. The molecule has 2 amide bonds. The number of nitrogens with zero attached hydrogens (tertiary/aromatic N) is 1. The Morgan fingerprint density at radius 3 is 2.67 bits per heavy atom. The normalized spacial score (nSPS) is 9.81. The van der Waals surface area contributed by atoms with Crippen LogP contribution in [0.3, 0.4) is 0 Å². The third-order valence-electron chi connectivity index (χ3n) is 2.38. The van der Waals surface area contributed by atoms with Crippen molar-refractivity contribution in [3.05, 3.63) is 28.3 Å². The topological polar surface area (TPSA) is 137 Å². The Balaban J connectivity index is 2.80. The molecule has 0 bridgehead atoms. The first kappa shape index (κ1) is 16.4. The third-order valence-corrected chi connectivity index (χ3v) is 2.38. The van der Waals surface area contributed by atoms with Crippen molar-refractivity contribution < 1.29 is 19.2 Å². The van der Waals surface area contributed by atoms with E-state index in [0.717, 1.165) is 0 Å². The maximum atomic E-state index is 11.6. The number of nitrogens with one attached hydrogen (secondary N) is 2. The molecule has 0 fully saturated rings. The van der Waals surface area contributed by atoms with Crippen LogP contribution in [0.5, 0.6) is 5.75 Å². The minimum Gasteiger partial charge on any atom is -0.494 e. The fourth-order valence-corrected chi connectivity index (χ4v) is 1.47. The van der Waals surface area contributed by atoms with Crippen LogP contribution in [0, 0.1) is 10.1 Å². The lowest BCUT2D eigenvalue weighted by Gasteiger charge is -2.08. The molecule has 114 valence electrons. The zero-order chi connectivity index (χ0) is 15.8. The first-order chi connectivity index (χ1) is 9.97. The van der Waals surface area contributed by atoms with E-state index in [-0.39, 0.29) is 24.5 Å². The van der Waals surface area contributed by atoms with Crippen molar-refractivity contribution in [2.45, 2.75) is 6.92 Å². The Hall–Kier alpha value is -2.68. The van der Waals surface area contributed by atoms with E-state index in [0.29, 0.717) is 12.4 Å². The van der Waals surface area contributed by atoms with Crippen LogP contribution in [0.15, 0.2) is 18.2 Å². The van der Waals surface area contributed by atoms with E-state index < -0.39 is 16.7 Å². The van der Waals surface area contributed by atoms with Gasteiger partial charge in [0.15, 0.2) is 0 Å². The summed E-state index contributed by atoms with van der Waals surface area (Å²) in [7, 11) is 0. The van der Waals surface area contributed by atoms with Gasteiger partial charge in [-0.15, -0.1) is 0 Å². The van der Waals surface area contributed by atoms with Gasteiger partial charge in [0.2, 0.25) is 11.8 Å². The van der Waals surface area contributed by atoms with Gasteiger partial charge in [0, 0.05) is 0 Å². The van der Waals surface area contributed by atoms with Crippen LogP contribution in [0.2, 0.25) is 0 Å². The summed E-state index contributed by atoms with van der Waals surface area (Å²) in [5, 5.41) is 15.6. The second-order valence-corrected chi connectivity index (χ2v) is 3.90. The molecule has 0 saturated heterocycles. The summed E-state index contributed by atoms with van der Waals surface area (Å²) in [5.41, 5.74) is 4.80. The molecule has 1 aromatic carbocycles. The number of carbonyl (C=O) groups excluding carboxylic acids is 2. The van der Waals surface area contributed by atoms with E-state index in [4.69, 9.17) is 10.5 Å². The number of hydrogen-bond donors (Lipinski definition) is 3. The standard InChI is InChI=1S/C12H16N4O5/c1-2-21-8-3-4-9(10(5-8)16(19)20)15-12(18)7-14-11(17)6-13/h3-5H,2,6-7,13H2,1H3,(H,14,17)(H,15,18). The van der Waals surface area contributed by atoms with Crippen molar-refractivity contribution in [1.29, 1.82) is 0 Å². The second kappa shape index (κ2) is 7.80. The molecule has 4 N–H and O–H groups in total. The van der Waals surface area contributed by atoms with Crippen molar-refractivity contribution in [3.8, 4) is 5.75 Å². The summed E-state index contributed by atoms with van der Waals surface area (Å²) in [6.07, 6.45) is 0. The van der Waals surface area contributed by atoms with Gasteiger partial charge in [-0.2, -0.15) is 0 Å². The molecule has 0 radical (unpaired) electrons. The molecule has 9 heteroatoms. The van der Waals surface area contributed by atoms with Gasteiger partial charge in [-0.05, 0) is 19.1 Å². The molecule has 1 aromatic rings. The van der Waals surface area contributed by atoms with Gasteiger partial charge in [0.25, 0.3) is 5.69 Å². The fourth-order valence-electron chi connectivity index (χ4n) is 1.47. The van der Waals surface area contributed by atoms with Crippen molar-refractivity contribution in [2.24, 2.45) is 5.73 Å². The van der Waals surface area contributed by atoms with E-state index >= 15 is 0 Å². The van der Waals surface area contributed by atoms with E-state index in [9.17, 15) is 19.7 Å². The van der Waals surface area contributed by atoms with Gasteiger partial charge in [-0.3, -0.25) is 19.7 Å². The molecule has 0 atom stereocenters. The number of ether oxygens (including phenoxy) is 1. The molecule has 9 nitrogen and oxygen atoms in total. The number of anilines is 1. The van der Waals surface area contributed by atoms with E-state index in [1.807, 2.05) is 0 Å². The summed E-state index contributed by atoms with van der Waals surface area (Å²) in [6, 6.07) is 4.09. The lowest BCUT2D eigenvalue weighted by molar-refractivity contribution is -0.384. The number of nitro groups is 1. The van der Waals surface area contributed by atoms with E-state index in [1.54, 1.807) is 6.92 Å². The molecular formula is C12H16N4O5. The van der Waals surface area contributed by atoms with Crippen LogP contribution in [-0.2, 0) is 9.59 Å². The zero-order valence-corrected chi connectivity index (χ0v) is 11.4. The molecule has 0 unspecified atom stereocenters. The predicted molar refractivity (Wildman–Crippen MR) is 75.0 cm³/mol. The molecule has 21 heavy (non-hydrogen) atoms. The average molecular weight is 296 g/mol. The quantitative estimate of drug-likeness (QED) is 0.478. The smallest absolute Gasteiger partial charge is 0.296 e. The molecule has 0 heterocycles. The Labute approximate surface area is 120 Å². The first-order valence-electron chi connectivity index (χ1n) is 6.15. The van der Waals surface area contributed by atoms with Gasteiger partial charge in [-0.1, -0.05) is 0 Å². The minimum atomic E-state index is -0.628. The summed E-state index contributed by atoms with van der Waals surface area (Å²) >= 11 is 0. The number of hydrogen-bond acceptors (Lipinski definition) is 6. The highest BCUT2D eigenvalue weighted by molar-refractivity contribution is 5.96. The van der Waals surface area contributed by atoms with Crippen molar-refractivity contribution >= 4 is 23.2 Å². The highest BCUT2D eigenvalue weighted by Gasteiger charge is 2.17. The predicted octanol–water partition coefficient (Wildman–Crippen LogP) is 0.00690. The second-order valence-electron chi connectivity index (χ2n) is 3.90. The number of rotatable bonds is 7. The zero-order valence-electron chi connectivity index (χ0n) is 11.4. The Kier molecular flexibility index (Phi) is 6.08. The maximum Gasteiger partial charge on any atom is 0.296 e. The number of carbonyl (C=O) groups is 2. The highest BCUT2D eigenvalue weighted by atomic mass is 16.6. The number of benzene rings is 1. The summed E-state index contributed by atoms with van der Waals surface area (Å²) in [6.45, 7) is 1.56. The van der Waals surface area contributed by atoms with Crippen LogP contribution >= 0.6 is 0 Å². The van der Waals surface area contributed by atoms with Gasteiger partial charge in [-0.25, -0.2) is 0 Å². The monoisotopic (exact) mass is 296 g/mol. The average Bonchev–Trinajstić information content (AvgIpc) is 2.46. The van der Waals surface area contributed by atoms with Crippen LogP contribution < -0.4 is 21.1 Å². The summed E-state index contributed by atoms with van der Waals surface area (Å²) in [4.78, 5) is 32.9. The SMILES string of the molecule is CCOc1ccc(NC(=O)CNC(=O)CN)c([N+](=O)[O-])c1. The molecule has 0 aliphatic heterocycles. The maximum absolute atomic E-state index is 11.6. The van der Waals surface area contributed by atoms with Crippen LogP contribution in [0.25, 0.3) is 0 Å². The van der Waals surface area contributed by atoms with Crippen molar-refractivity contribution in [3.63, 3.8) is 0 Å². The Morgan fingerprint density at radius 2 is 2.10 bits per heavy atom. The number of nitro benzene ring substituents is 1. The minimum absolute atomic E-state index is 0.0236. The summed E-state index contributed by atoms with van der Waals surface area (Å²) in [5.74, 6) is -0.756. The Morgan fingerprint density at radius 1 is 1.38 bits per heavy atom. The fraction of sp³-hybridized carbons (Fsp3) is 0.333. The molecule has 1 rings (SSSR count). The van der Waals surface area contributed by atoms with Crippen LogP contribution in [0.1, 0.15) is 6.92 Å². The lowest BCUT2D eigenvalue weighted by atomic mass is 10.2. The van der Waals surface area contributed by atoms with Crippen molar-refractivity contribution in [1.82, 2.24) is 5.32 Å². The molecule has 0 aliphatic rings. The highest BCUT2D eigenvalue weighted by Crippen LogP contribution is 2.28. The van der Waals surface area contributed by atoms with Gasteiger partial charge in [0.1, 0.15) is 11.4 Å². The van der Waals surface area contributed by atoms with Crippen LogP contribution in [-0.4, -0.2) is 36.4 Å². The van der Waals surface area contributed by atoms with Gasteiger partial charge in [0.05, 0.1) is 30.7 Å².